The molecule has 26 heavy (non-hydrogen) atoms. The van der Waals surface area contributed by atoms with E-state index < -0.39 is 0 Å². The van der Waals surface area contributed by atoms with E-state index in [2.05, 4.69) is 38.4 Å². The molecule has 2 aromatic rings. The van der Waals surface area contributed by atoms with E-state index in [1.165, 1.54) is 36.9 Å². The van der Waals surface area contributed by atoms with E-state index in [9.17, 15) is 0 Å². The topological polar surface area (TPSA) is 59.5 Å². The summed E-state index contributed by atoms with van der Waals surface area (Å²) in [6, 6.07) is 8.98. The lowest BCUT2D eigenvalue weighted by Crippen LogP contribution is -2.30. The number of hydrogen-bond donors (Lipinski definition) is 1. The molecule has 1 N–H and O–H groups in total. The molecule has 0 spiro atoms. The standard InChI is InChI=1S/C20H24N4O2/c1-2-15(10-21-7-1)17-9-20(23-12-22-17)24(16-4-5-16)11-14-3-6-18-19(8-14)26-13-25-18/h3,6,8-9,12,15-16,21H,1-2,4-5,7,10-11,13H2. The van der Waals surface area contributed by atoms with Crippen LogP contribution in [0.1, 0.15) is 42.9 Å². The number of benzene rings is 1. The first-order chi connectivity index (χ1) is 12.9. The van der Waals surface area contributed by atoms with E-state index in [0.29, 0.717) is 18.8 Å². The van der Waals surface area contributed by atoms with Crippen LogP contribution in [0.25, 0.3) is 0 Å². The third kappa shape index (κ3) is 3.21. The molecule has 6 nitrogen and oxygen atoms in total. The van der Waals surface area contributed by atoms with Crippen molar-refractivity contribution < 1.29 is 9.47 Å². The Balaban J connectivity index is 1.39. The van der Waals surface area contributed by atoms with E-state index in [0.717, 1.165) is 37.0 Å². The number of ether oxygens (including phenoxy) is 2. The van der Waals surface area contributed by atoms with Crippen LogP contribution >= 0.6 is 0 Å². The molecule has 1 aromatic heterocycles. The lowest BCUT2D eigenvalue weighted by Gasteiger charge is -2.26. The second-order valence-electron chi connectivity index (χ2n) is 7.39. The first-order valence-electron chi connectivity index (χ1n) is 9.54. The molecule has 1 saturated heterocycles. The summed E-state index contributed by atoms with van der Waals surface area (Å²) in [6.45, 7) is 3.28. The monoisotopic (exact) mass is 352 g/mol. The average molecular weight is 352 g/mol. The Labute approximate surface area is 153 Å². The molecule has 1 aromatic carbocycles. The Morgan fingerprint density at radius 2 is 2.00 bits per heavy atom. The van der Waals surface area contributed by atoms with Crippen molar-refractivity contribution in [3.63, 3.8) is 0 Å². The lowest BCUT2D eigenvalue weighted by atomic mass is 9.96. The maximum Gasteiger partial charge on any atom is 0.231 e. The number of nitrogens with zero attached hydrogens (tertiary/aromatic N) is 3. The average Bonchev–Trinajstić information content (AvgIpc) is 3.43. The molecule has 2 aliphatic heterocycles. The molecule has 1 unspecified atom stereocenters. The largest absolute Gasteiger partial charge is 0.454 e. The number of aromatic nitrogens is 2. The zero-order chi connectivity index (χ0) is 17.3. The van der Waals surface area contributed by atoms with Gasteiger partial charge in [0.1, 0.15) is 12.1 Å². The lowest BCUT2D eigenvalue weighted by molar-refractivity contribution is 0.174. The summed E-state index contributed by atoms with van der Waals surface area (Å²) in [4.78, 5) is 11.6. The fourth-order valence-corrected chi connectivity index (χ4v) is 3.87. The summed E-state index contributed by atoms with van der Waals surface area (Å²) in [5, 5.41) is 3.48. The predicted octanol–water partition coefficient (Wildman–Crippen LogP) is 2.84. The van der Waals surface area contributed by atoms with Gasteiger partial charge in [-0.3, -0.25) is 0 Å². The minimum Gasteiger partial charge on any atom is -0.454 e. The molecule has 2 fully saturated rings. The molecule has 1 saturated carbocycles. The summed E-state index contributed by atoms with van der Waals surface area (Å²) in [7, 11) is 0. The van der Waals surface area contributed by atoms with Crippen molar-refractivity contribution in [3.05, 3.63) is 41.9 Å². The molecule has 0 bridgehead atoms. The van der Waals surface area contributed by atoms with Gasteiger partial charge in [-0.25, -0.2) is 9.97 Å². The van der Waals surface area contributed by atoms with Gasteiger partial charge in [0, 0.05) is 31.1 Å². The minimum atomic E-state index is 0.315. The molecule has 1 aliphatic carbocycles. The third-order valence-electron chi connectivity index (χ3n) is 5.46. The van der Waals surface area contributed by atoms with Crippen LogP contribution in [-0.2, 0) is 6.54 Å². The summed E-state index contributed by atoms with van der Waals surface area (Å²) in [6.07, 6.45) is 6.61. The Bertz CT molecular complexity index is 787. The summed E-state index contributed by atoms with van der Waals surface area (Å²) < 4.78 is 11.0. The summed E-state index contributed by atoms with van der Waals surface area (Å²) in [5.74, 6) is 3.22. The van der Waals surface area contributed by atoms with E-state index in [1.54, 1.807) is 6.33 Å². The van der Waals surface area contributed by atoms with Gasteiger partial charge in [-0.15, -0.1) is 0 Å². The van der Waals surface area contributed by atoms with E-state index in [4.69, 9.17) is 9.47 Å². The van der Waals surface area contributed by atoms with Crippen LogP contribution in [-0.4, -0.2) is 35.9 Å². The predicted molar refractivity (Wildman–Crippen MR) is 98.6 cm³/mol. The number of nitrogens with one attached hydrogen (secondary N) is 1. The maximum atomic E-state index is 5.53. The number of fused-ring (bicyclic) bond motifs is 1. The van der Waals surface area contributed by atoms with Crippen LogP contribution in [0.4, 0.5) is 5.82 Å². The van der Waals surface area contributed by atoms with E-state index in [1.807, 2.05) is 6.07 Å². The second-order valence-corrected chi connectivity index (χ2v) is 7.39. The molecule has 136 valence electrons. The van der Waals surface area contributed by atoms with Gasteiger partial charge >= 0.3 is 0 Å². The van der Waals surface area contributed by atoms with Crippen LogP contribution in [0.5, 0.6) is 11.5 Å². The summed E-state index contributed by atoms with van der Waals surface area (Å²) >= 11 is 0. The Hall–Kier alpha value is -2.34. The van der Waals surface area contributed by atoms with Crippen molar-refractivity contribution in [1.29, 1.82) is 0 Å². The Morgan fingerprint density at radius 3 is 2.85 bits per heavy atom. The molecule has 0 amide bonds. The van der Waals surface area contributed by atoms with Crippen LogP contribution in [0, 0.1) is 0 Å². The molecular formula is C20H24N4O2. The van der Waals surface area contributed by atoms with Crippen molar-refractivity contribution in [2.24, 2.45) is 0 Å². The molecule has 6 heteroatoms. The number of piperidine rings is 1. The van der Waals surface area contributed by atoms with Gasteiger partial charge in [0.05, 0.1) is 5.69 Å². The van der Waals surface area contributed by atoms with Gasteiger partial charge in [-0.2, -0.15) is 0 Å². The number of rotatable bonds is 5. The van der Waals surface area contributed by atoms with E-state index >= 15 is 0 Å². The van der Waals surface area contributed by atoms with Crippen molar-refractivity contribution >= 4 is 5.82 Å². The van der Waals surface area contributed by atoms with E-state index in [-0.39, 0.29) is 0 Å². The van der Waals surface area contributed by atoms with Crippen molar-refractivity contribution in [1.82, 2.24) is 15.3 Å². The van der Waals surface area contributed by atoms with Crippen LogP contribution in [0.15, 0.2) is 30.6 Å². The molecule has 3 aliphatic rings. The molecular weight excluding hydrogens is 328 g/mol. The number of anilines is 1. The van der Waals surface area contributed by atoms with Gasteiger partial charge in [0.15, 0.2) is 11.5 Å². The molecule has 0 radical (unpaired) electrons. The smallest absolute Gasteiger partial charge is 0.231 e. The molecule has 1 atom stereocenters. The normalized spacial score (nSPS) is 21.6. The summed E-state index contributed by atoms with van der Waals surface area (Å²) in [5.41, 5.74) is 2.39. The van der Waals surface area contributed by atoms with Gasteiger partial charge < -0.3 is 19.7 Å². The highest BCUT2D eigenvalue weighted by Crippen LogP contribution is 2.36. The van der Waals surface area contributed by atoms with Crippen molar-refractivity contribution in [2.45, 2.75) is 44.2 Å². The van der Waals surface area contributed by atoms with Gasteiger partial charge in [0.25, 0.3) is 0 Å². The zero-order valence-corrected chi connectivity index (χ0v) is 14.9. The maximum absolute atomic E-state index is 5.53. The minimum absolute atomic E-state index is 0.315. The molecule has 5 rings (SSSR count). The highest BCUT2D eigenvalue weighted by molar-refractivity contribution is 5.48. The van der Waals surface area contributed by atoms with Crippen molar-refractivity contribution in [3.8, 4) is 11.5 Å². The zero-order valence-electron chi connectivity index (χ0n) is 14.9. The van der Waals surface area contributed by atoms with Crippen LogP contribution < -0.4 is 19.7 Å². The molecule has 3 heterocycles. The SMILES string of the molecule is c1nc(C2CCCNC2)cc(N(Cc2ccc3c(c2)OCO3)C2CC2)n1. The quantitative estimate of drug-likeness (QED) is 0.893. The Kier molecular flexibility index (Phi) is 4.13. The first kappa shape index (κ1) is 15.9. The third-order valence-corrected chi connectivity index (χ3v) is 5.46. The van der Waals surface area contributed by atoms with Crippen molar-refractivity contribution in [2.75, 3.05) is 24.8 Å². The highest BCUT2D eigenvalue weighted by atomic mass is 16.7. The van der Waals surface area contributed by atoms with Gasteiger partial charge in [0.2, 0.25) is 6.79 Å². The fourth-order valence-electron chi connectivity index (χ4n) is 3.87. The second kappa shape index (κ2) is 6.76. The van der Waals surface area contributed by atoms with Crippen LogP contribution in [0.3, 0.4) is 0 Å². The first-order valence-corrected chi connectivity index (χ1v) is 9.54. The van der Waals surface area contributed by atoms with Gasteiger partial charge in [-0.05, 0) is 49.9 Å². The number of hydrogen-bond acceptors (Lipinski definition) is 6. The fraction of sp³-hybridized carbons (Fsp3) is 0.500. The van der Waals surface area contributed by atoms with Crippen LogP contribution in [0.2, 0.25) is 0 Å². The van der Waals surface area contributed by atoms with Gasteiger partial charge in [-0.1, -0.05) is 6.07 Å². The highest BCUT2D eigenvalue weighted by Gasteiger charge is 2.31. The Morgan fingerprint density at radius 1 is 1.08 bits per heavy atom.